The van der Waals surface area contributed by atoms with Crippen molar-refractivity contribution in [2.45, 2.75) is 6.92 Å². The van der Waals surface area contributed by atoms with Gasteiger partial charge in [-0.05, 0) is 6.92 Å². The Morgan fingerprint density at radius 1 is 1.80 bits per heavy atom. The average molecular weight is 88.2 g/mol. The molecule has 0 aliphatic carbocycles. The van der Waals surface area contributed by atoms with Crippen LogP contribution in [0.5, 0.6) is 0 Å². The van der Waals surface area contributed by atoms with Crippen molar-refractivity contribution in [3.05, 3.63) is 0 Å². The van der Waals surface area contributed by atoms with Gasteiger partial charge in [0, 0.05) is 7.05 Å². The standard InChI is InChI=1S/C3H6NS/c1-3(5)4-2/h1-2H3. The Morgan fingerprint density at radius 3 is 2.00 bits per heavy atom. The minimum absolute atomic E-state index is 0.713. The van der Waals surface area contributed by atoms with E-state index in [2.05, 4.69) is 17.5 Å². The summed E-state index contributed by atoms with van der Waals surface area (Å²) in [4.78, 5) is 0.713. The van der Waals surface area contributed by atoms with Gasteiger partial charge >= 0.3 is 0 Å². The fraction of sp³-hybridized carbons (Fsp3) is 0.667. The highest BCUT2D eigenvalue weighted by Crippen LogP contribution is 1.60. The normalized spacial score (nSPS) is 6.80. The molecule has 0 bridgehead atoms. The van der Waals surface area contributed by atoms with Gasteiger partial charge in [-0.2, -0.15) is 0 Å². The smallest absolute Gasteiger partial charge is 0.0939 e. The lowest BCUT2D eigenvalue weighted by Crippen LogP contribution is -1.99. The summed E-state index contributed by atoms with van der Waals surface area (Å²) in [7, 11) is 1.68. The van der Waals surface area contributed by atoms with E-state index in [4.69, 9.17) is 0 Å². The first kappa shape index (κ1) is 4.89. The zero-order chi connectivity index (χ0) is 4.28. The highest BCUT2D eigenvalue weighted by Gasteiger charge is 1.69. The van der Waals surface area contributed by atoms with Crippen molar-refractivity contribution in [2.24, 2.45) is 0 Å². The summed E-state index contributed by atoms with van der Waals surface area (Å²) in [6.07, 6.45) is 0. The van der Waals surface area contributed by atoms with Crippen molar-refractivity contribution in [1.29, 1.82) is 0 Å². The molecule has 1 radical (unpaired) electrons. The van der Waals surface area contributed by atoms with Crippen molar-refractivity contribution in [3.8, 4) is 0 Å². The van der Waals surface area contributed by atoms with Crippen molar-refractivity contribution in [2.75, 3.05) is 7.05 Å². The van der Waals surface area contributed by atoms with Gasteiger partial charge in [-0.25, -0.2) is 0 Å². The first-order chi connectivity index (χ1) is 2.27. The van der Waals surface area contributed by atoms with Crippen molar-refractivity contribution >= 4 is 17.2 Å². The largest absolute Gasteiger partial charge is 0.282 e. The molecule has 0 amide bonds. The monoisotopic (exact) mass is 88.0 g/mol. The molecule has 0 rings (SSSR count). The number of nitrogens with zero attached hydrogens (tertiary/aromatic N) is 1. The van der Waals surface area contributed by atoms with E-state index >= 15 is 0 Å². The molecule has 0 aromatic heterocycles. The van der Waals surface area contributed by atoms with Crippen LogP contribution in [-0.2, 0) is 0 Å². The van der Waals surface area contributed by atoms with Gasteiger partial charge in [0.25, 0.3) is 0 Å². The molecule has 0 aliphatic rings. The van der Waals surface area contributed by atoms with Crippen molar-refractivity contribution in [3.63, 3.8) is 0 Å². The van der Waals surface area contributed by atoms with Crippen LogP contribution in [0.2, 0.25) is 0 Å². The van der Waals surface area contributed by atoms with Crippen molar-refractivity contribution < 1.29 is 0 Å². The van der Waals surface area contributed by atoms with Crippen LogP contribution in [0.4, 0.5) is 0 Å². The highest BCUT2D eigenvalue weighted by atomic mass is 32.1. The van der Waals surface area contributed by atoms with E-state index in [9.17, 15) is 0 Å². The topological polar surface area (TPSA) is 14.1 Å². The SMILES string of the molecule is C[N]C(C)=S. The van der Waals surface area contributed by atoms with E-state index < -0.39 is 0 Å². The Labute approximate surface area is 37.4 Å². The van der Waals surface area contributed by atoms with Crippen LogP contribution < -0.4 is 5.32 Å². The lowest BCUT2D eigenvalue weighted by molar-refractivity contribution is 1.17. The van der Waals surface area contributed by atoms with Gasteiger partial charge in [0.15, 0.2) is 0 Å². The maximum Gasteiger partial charge on any atom is 0.0939 e. The maximum absolute atomic E-state index is 4.53. The van der Waals surface area contributed by atoms with E-state index in [-0.39, 0.29) is 0 Å². The number of hydrogen-bond acceptors (Lipinski definition) is 1. The van der Waals surface area contributed by atoms with Gasteiger partial charge in [0.05, 0.1) is 4.99 Å². The summed E-state index contributed by atoms with van der Waals surface area (Å²) in [5.74, 6) is 0. The van der Waals surface area contributed by atoms with E-state index in [0.717, 1.165) is 0 Å². The van der Waals surface area contributed by atoms with Crippen LogP contribution >= 0.6 is 12.2 Å². The second-order valence-corrected chi connectivity index (χ2v) is 1.33. The van der Waals surface area contributed by atoms with Gasteiger partial charge in [-0.1, -0.05) is 12.2 Å². The van der Waals surface area contributed by atoms with Gasteiger partial charge < -0.3 is 0 Å². The molecule has 1 nitrogen and oxygen atoms in total. The fourth-order valence-corrected chi connectivity index (χ4v) is 0. The fourth-order valence-electron chi connectivity index (χ4n) is 0. The molecule has 0 N–H and O–H groups in total. The zero-order valence-electron chi connectivity index (χ0n) is 3.36. The predicted molar refractivity (Wildman–Crippen MR) is 26.3 cm³/mol. The summed E-state index contributed by atoms with van der Waals surface area (Å²) < 4.78 is 0. The van der Waals surface area contributed by atoms with Gasteiger partial charge in [-0.3, -0.25) is 5.32 Å². The summed E-state index contributed by atoms with van der Waals surface area (Å²) in [5.41, 5.74) is 0. The van der Waals surface area contributed by atoms with E-state index in [1.807, 2.05) is 0 Å². The number of rotatable bonds is 0. The third-order valence-corrected chi connectivity index (χ3v) is 0.497. The Balaban J connectivity index is 2.85. The van der Waals surface area contributed by atoms with Crippen LogP contribution in [0.15, 0.2) is 0 Å². The number of hydrogen-bond donors (Lipinski definition) is 0. The minimum Gasteiger partial charge on any atom is -0.282 e. The molecule has 0 heterocycles. The van der Waals surface area contributed by atoms with Gasteiger partial charge in [0.1, 0.15) is 0 Å². The molecule has 0 unspecified atom stereocenters. The first-order valence-electron chi connectivity index (χ1n) is 1.37. The molecule has 2 heteroatoms. The molecule has 5 heavy (non-hydrogen) atoms. The van der Waals surface area contributed by atoms with E-state index in [1.165, 1.54) is 0 Å². The average Bonchev–Trinajstić information content (AvgIpc) is 1.38. The maximum atomic E-state index is 4.53. The van der Waals surface area contributed by atoms with Crippen LogP contribution in [0.3, 0.4) is 0 Å². The second kappa shape index (κ2) is 2.15. The van der Waals surface area contributed by atoms with Crippen LogP contribution in [0, 0.1) is 0 Å². The number of thiocarbonyl (C=S) groups is 1. The Bertz CT molecular complexity index is 42.2. The molecule has 29 valence electrons. The second-order valence-electron chi connectivity index (χ2n) is 0.743. The van der Waals surface area contributed by atoms with Crippen molar-refractivity contribution in [1.82, 2.24) is 5.32 Å². The van der Waals surface area contributed by atoms with Crippen LogP contribution in [0.1, 0.15) is 6.92 Å². The Morgan fingerprint density at radius 2 is 2.00 bits per heavy atom. The molecule has 0 spiro atoms. The first-order valence-corrected chi connectivity index (χ1v) is 1.78. The van der Waals surface area contributed by atoms with E-state index in [1.54, 1.807) is 14.0 Å². The molecule has 0 saturated heterocycles. The summed E-state index contributed by atoms with van der Waals surface area (Å²) in [6.45, 7) is 1.79. The molecule has 0 saturated carbocycles. The molecular formula is C3H6NS. The Kier molecular flexibility index (Phi) is 2.10. The molecule has 0 aromatic carbocycles. The molecule has 0 aliphatic heterocycles. The molecule has 0 fully saturated rings. The van der Waals surface area contributed by atoms with Crippen LogP contribution in [0.25, 0.3) is 0 Å². The Hall–Kier alpha value is -0.110. The third-order valence-electron chi connectivity index (χ3n) is 0.315. The molecule has 0 aromatic rings. The summed E-state index contributed by atoms with van der Waals surface area (Å²) in [5, 5.41) is 3.62. The molecular weight excluding hydrogens is 82.1 g/mol. The third kappa shape index (κ3) is 3.89. The van der Waals surface area contributed by atoms with Gasteiger partial charge in [-0.15, -0.1) is 0 Å². The van der Waals surface area contributed by atoms with Crippen LogP contribution in [-0.4, -0.2) is 12.0 Å². The minimum atomic E-state index is 0.713. The van der Waals surface area contributed by atoms with E-state index in [0.29, 0.717) is 4.99 Å². The molecule has 0 atom stereocenters. The predicted octanol–water partition coefficient (Wildman–Crippen LogP) is 0.568. The summed E-state index contributed by atoms with van der Waals surface area (Å²) in [6, 6.07) is 0. The zero-order valence-corrected chi connectivity index (χ0v) is 4.17. The van der Waals surface area contributed by atoms with Gasteiger partial charge in [0.2, 0.25) is 0 Å². The lowest BCUT2D eigenvalue weighted by Gasteiger charge is -1.79. The highest BCUT2D eigenvalue weighted by molar-refractivity contribution is 7.80. The lowest BCUT2D eigenvalue weighted by atomic mass is 10.8. The summed E-state index contributed by atoms with van der Waals surface area (Å²) >= 11 is 4.53. The quantitative estimate of drug-likeness (QED) is 0.395.